The maximum atomic E-state index is 2.31. The molecule has 0 N–H and O–H groups in total. The highest BCUT2D eigenvalue weighted by atomic mass is 14.2. The number of hydrogen-bond acceptors (Lipinski definition) is 0. The zero-order valence-electron chi connectivity index (χ0n) is 22.8. The van der Waals surface area contributed by atoms with Gasteiger partial charge in [0.25, 0.3) is 0 Å². The molecule has 1 aliphatic carbocycles. The van der Waals surface area contributed by atoms with Gasteiger partial charge >= 0.3 is 0 Å². The van der Waals surface area contributed by atoms with E-state index in [4.69, 9.17) is 0 Å². The van der Waals surface area contributed by atoms with Gasteiger partial charge < -0.3 is 0 Å². The van der Waals surface area contributed by atoms with E-state index in [-0.39, 0.29) is 0 Å². The third-order valence-electron chi connectivity index (χ3n) is 8.19. The predicted octanol–water partition coefficient (Wildman–Crippen LogP) is 12.3. The topological polar surface area (TPSA) is 0 Å². The van der Waals surface area contributed by atoms with Crippen LogP contribution in [-0.2, 0) is 0 Å². The van der Waals surface area contributed by atoms with Gasteiger partial charge in [0.1, 0.15) is 0 Å². The molecule has 0 unspecified atom stereocenters. The molecule has 0 aromatic rings. The van der Waals surface area contributed by atoms with E-state index < -0.39 is 0 Å². The fraction of sp³-hybridized carbons (Fsp3) is 1.00. The van der Waals surface area contributed by atoms with Gasteiger partial charge in [0.2, 0.25) is 0 Å². The summed E-state index contributed by atoms with van der Waals surface area (Å²) in [6.07, 6.45) is 44.9. The Labute approximate surface area is 205 Å². The molecule has 0 aliphatic heterocycles. The van der Waals surface area contributed by atoms with E-state index in [2.05, 4.69) is 6.92 Å². The molecule has 0 aromatic carbocycles. The fourth-order valence-corrected chi connectivity index (χ4v) is 5.87. The molecule has 1 rings (SSSR count). The molecule has 0 bridgehead atoms. The minimum Gasteiger partial charge on any atom is -0.0654 e. The van der Waals surface area contributed by atoms with Crippen molar-refractivity contribution in [3.8, 4) is 0 Å². The Morgan fingerprint density at radius 3 is 0.969 bits per heavy atom. The highest BCUT2D eigenvalue weighted by Gasteiger charge is 2.10. The van der Waals surface area contributed by atoms with Crippen LogP contribution in [-0.4, -0.2) is 0 Å². The Hall–Kier alpha value is 0. The van der Waals surface area contributed by atoms with Crippen LogP contribution in [0.1, 0.15) is 200 Å². The molecule has 1 saturated carbocycles. The summed E-state index contributed by atoms with van der Waals surface area (Å²) in [4.78, 5) is 0. The maximum Gasteiger partial charge on any atom is -0.0414 e. The highest BCUT2D eigenvalue weighted by Crippen LogP contribution is 2.26. The first kappa shape index (κ1) is 30.0. The average molecular weight is 449 g/mol. The summed E-state index contributed by atoms with van der Waals surface area (Å²) in [5.41, 5.74) is 0. The van der Waals surface area contributed by atoms with E-state index in [1.807, 2.05) is 0 Å². The van der Waals surface area contributed by atoms with Gasteiger partial charge in [-0.25, -0.2) is 0 Å². The molecule has 0 spiro atoms. The Morgan fingerprint density at radius 2 is 0.625 bits per heavy atom. The van der Waals surface area contributed by atoms with Crippen molar-refractivity contribution >= 4 is 0 Å². The summed E-state index contributed by atoms with van der Waals surface area (Å²) in [6.45, 7) is 2.31. The van der Waals surface area contributed by atoms with Gasteiger partial charge in [0.15, 0.2) is 0 Å². The molecule has 1 aliphatic rings. The van der Waals surface area contributed by atoms with Gasteiger partial charge in [-0.3, -0.25) is 0 Å². The lowest BCUT2D eigenvalue weighted by Gasteiger charge is -2.19. The Balaban J connectivity index is 1.67. The fourth-order valence-electron chi connectivity index (χ4n) is 5.87. The Kier molecular flexibility index (Phi) is 24.0. The first-order valence-corrected chi connectivity index (χ1v) is 15.9. The van der Waals surface area contributed by atoms with E-state index in [9.17, 15) is 0 Å². The van der Waals surface area contributed by atoms with Crippen LogP contribution >= 0.6 is 0 Å². The van der Waals surface area contributed by atoms with Crippen LogP contribution in [0.3, 0.4) is 0 Å². The second-order valence-corrected chi connectivity index (χ2v) is 11.4. The van der Waals surface area contributed by atoms with Gasteiger partial charge in [0.05, 0.1) is 0 Å². The molecular formula is C32H64. The molecule has 0 radical (unpaired) electrons. The largest absolute Gasteiger partial charge is 0.0654 e. The van der Waals surface area contributed by atoms with Crippen LogP contribution in [0.15, 0.2) is 0 Å². The Morgan fingerprint density at radius 1 is 0.344 bits per heavy atom. The van der Waals surface area contributed by atoms with Crippen LogP contribution in [0.2, 0.25) is 0 Å². The zero-order chi connectivity index (χ0) is 22.8. The smallest absolute Gasteiger partial charge is 0.0414 e. The first-order chi connectivity index (χ1) is 15.9. The van der Waals surface area contributed by atoms with Gasteiger partial charge in [-0.2, -0.15) is 0 Å². The summed E-state index contributed by atoms with van der Waals surface area (Å²) in [5, 5.41) is 0. The lowest BCUT2D eigenvalue weighted by atomic mass is 9.87. The molecule has 0 heteroatoms. The van der Waals surface area contributed by atoms with Crippen molar-refractivity contribution in [2.75, 3.05) is 0 Å². The molecule has 1 fully saturated rings. The van der Waals surface area contributed by atoms with Crippen LogP contribution in [0.4, 0.5) is 0 Å². The lowest BCUT2D eigenvalue weighted by Crippen LogP contribution is -2.03. The normalized spacial score (nSPS) is 15.7. The number of unbranched alkanes of at least 4 members (excludes halogenated alkanes) is 21. The quantitative estimate of drug-likeness (QED) is 0.136. The minimum absolute atomic E-state index is 1.08. The second-order valence-electron chi connectivity index (χ2n) is 11.4. The Bertz CT molecular complexity index is 325. The third-order valence-corrected chi connectivity index (χ3v) is 8.19. The molecule has 0 nitrogen and oxygen atoms in total. The molecule has 0 saturated heterocycles. The highest BCUT2D eigenvalue weighted by molar-refractivity contribution is 4.64. The van der Waals surface area contributed by atoms with Crippen molar-refractivity contribution in [2.45, 2.75) is 200 Å². The monoisotopic (exact) mass is 449 g/mol. The van der Waals surface area contributed by atoms with Crippen LogP contribution in [0.5, 0.6) is 0 Å². The van der Waals surface area contributed by atoms with Crippen LogP contribution < -0.4 is 0 Å². The standard InChI is InChI=1S/C32H64/c1-2-3-4-5-6-7-8-9-10-11-12-13-14-15-16-17-18-19-20-21-23-26-29-32-30-27-24-22-25-28-31-32/h32H,2-31H2,1H3. The predicted molar refractivity (Wildman–Crippen MR) is 148 cm³/mol. The molecule has 0 aromatic heterocycles. The van der Waals surface area contributed by atoms with E-state index in [0.29, 0.717) is 0 Å². The third kappa shape index (κ3) is 21.8. The molecular weight excluding hydrogens is 384 g/mol. The molecule has 192 valence electrons. The van der Waals surface area contributed by atoms with Crippen molar-refractivity contribution < 1.29 is 0 Å². The molecule has 32 heavy (non-hydrogen) atoms. The van der Waals surface area contributed by atoms with Gasteiger partial charge in [-0.15, -0.1) is 0 Å². The summed E-state index contributed by atoms with van der Waals surface area (Å²) in [6, 6.07) is 0. The van der Waals surface area contributed by atoms with Crippen molar-refractivity contribution in [2.24, 2.45) is 5.92 Å². The zero-order valence-corrected chi connectivity index (χ0v) is 22.8. The number of rotatable bonds is 23. The van der Waals surface area contributed by atoms with E-state index in [1.54, 1.807) is 19.3 Å². The average Bonchev–Trinajstić information content (AvgIpc) is 2.78. The van der Waals surface area contributed by atoms with Crippen molar-refractivity contribution in [1.82, 2.24) is 0 Å². The van der Waals surface area contributed by atoms with Crippen LogP contribution in [0, 0.1) is 5.92 Å². The number of hydrogen-bond donors (Lipinski definition) is 0. The van der Waals surface area contributed by atoms with E-state index >= 15 is 0 Å². The second kappa shape index (κ2) is 25.6. The van der Waals surface area contributed by atoms with Gasteiger partial charge in [0, 0.05) is 0 Å². The van der Waals surface area contributed by atoms with Crippen molar-refractivity contribution in [3.05, 3.63) is 0 Å². The summed E-state index contributed by atoms with van der Waals surface area (Å²) in [7, 11) is 0. The van der Waals surface area contributed by atoms with Crippen molar-refractivity contribution in [3.63, 3.8) is 0 Å². The van der Waals surface area contributed by atoms with E-state index in [1.165, 1.54) is 173 Å². The van der Waals surface area contributed by atoms with Crippen molar-refractivity contribution in [1.29, 1.82) is 0 Å². The van der Waals surface area contributed by atoms with Gasteiger partial charge in [-0.1, -0.05) is 200 Å². The van der Waals surface area contributed by atoms with E-state index in [0.717, 1.165) is 5.92 Å². The molecule has 0 amide bonds. The first-order valence-electron chi connectivity index (χ1n) is 15.9. The lowest BCUT2D eigenvalue weighted by molar-refractivity contribution is 0.346. The summed E-state index contributed by atoms with van der Waals surface area (Å²) >= 11 is 0. The minimum atomic E-state index is 1.08. The summed E-state index contributed by atoms with van der Waals surface area (Å²) < 4.78 is 0. The summed E-state index contributed by atoms with van der Waals surface area (Å²) in [5.74, 6) is 1.08. The van der Waals surface area contributed by atoms with Crippen LogP contribution in [0.25, 0.3) is 0 Å². The maximum absolute atomic E-state index is 2.31. The molecule has 0 heterocycles. The SMILES string of the molecule is CCCCCCCCCCCCCCCCCCCCCCCCC1CCCCCCC1. The molecule has 0 atom stereocenters. The van der Waals surface area contributed by atoms with Gasteiger partial charge in [-0.05, 0) is 5.92 Å².